The number of halogens is 4. The SMILES string of the molecule is O=[N+]([O-])C[C@@](O)(c1ccc(Cl)cc1)C(F)(F)F. The van der Waals surface area contributed by atoms with Crippen molar-refractivity contribution in [1.82, 2.24) is 0 Å². The van der Waals surface area contributed by atoms with Gasteiger partial charge in [-0.25, -0.2) is 0 Å². The second kappa shape index (κ2) is 4.50. The molecule has 1 aromatic carbocycles. The second-order valence-electron chi connectivity index (χ2n) is 3.36. The van der Waals surface area contributed by atoms with E-state index in [0.29, 0.717) is 0 Å². The number of nitrogens with zero attached hydrogens (tertiary/aromatic N) is 1. The van der Waals surface area contributed by atoms with Gasteiger partial charge in [-0.05, 0) is 17.7 Å². The van der Waals surface area contributed by atoms with Crippen molar-refractivity contribution in [3.8, 4) is 0 Å². The van der Waals surface area contributed by atoms with E-state index in [9.17, 15) is 28.4 Å². The Morgan fingerprint density at radius 2 is 1.76 bits per heavy atom. The lowest BCUT2D eigenvalue weighted by atomic mass is 9.93. The smallest absolute Gasteiger partial charge is 0.371 e. The highest BCUT2D eigenvalue weighted by Gasteiger charge is 2.58. The molecule has 0 radical (unpaired) electrons. The van der Waals surface area contributed by atoms with Crippen molar-refractivity contribution < 1.29 is 23.2 Å². The van der Waals surface area contributed by atoms with Gasteiger partial charge in [-0.15, -0.1) is 0 Å². The van der Waals surface area contributed by atoms with Gasteiger partial charge >= 0.3 is 6.18 Å². The van der Waals surface area contributed by atoms with E-state index in [1.54, 1.807) is 0 Å². The van der Waals surface area contributed by atoms with E-state index >= 15 is 0 Å². The number of rotatable bonds is 3. The van der Waals surface area contributed by atoms with Crippen molar-refractivity contribution in [2.24, 2.45) is 0 Å². The molecule has 8 heteroatoms. The first kappa shape index (κ1) is 13.7. The van der Waals surface area contributed by atoms with Crippen LogP contribution in [0.2, 0.25) is 5.02 Å². The first-order chi connectivity index (χ1) is 7.67. The summed E-state index contributed by atoms with van der Waals surface area (Å²) in [6.45, 7) is -1.65. The quantitative estimate of drug-likeness (QED) is 0.677. The van der Waals surface area contributed by atoms with Gasteiger partial charge in [0.15, 0.2) is 0 Å². The van der Waals surface area contributed by atoms with Crippen molar-refractivity contribution in [3.63, 3.8) is 0 Å². The lowest BCUT2D eigenvalue weighted by molar-refractivity contribution is -0.519. The Labute approximate surface area is 98.8 Å². The van der Waals surface area contributed by atoms with Crippen LogP contribution in [0.15, 0.2) is 24.3 Å². The molecule has 1 N–H and O–H groups in total. The Morgan fingerprint density at radius 1 is 1.29 bits per heavy atom. The lowest BCUT2D eigenvalue weighted by Gasteiger charge is -2.26. The molecule has 94 valence electrons. The molecule has 1 aromatic rings. The third-order valence-electron chi connectivity index (χ3n) is 2.15. The average Bonchev–Trinajstić information content (AvgIpc) is 2.15. The fourth-order valence-electron chi connectivity index (χ4n) is 1.26. The van der Waals surface area contributed by atoms with Crippen molar-refractivity contribution in [2.45, 2.75) is 11.8 Å². The van der Waals surface area contributed by atoms with Gasteiger partial charge in [0.25, 0.3) is 5.60 Å². The summed E-state index contributed by atoms with van der Waals surface area (Å²) in [5.41, 5.74) is -4.13. The molecule has 0 aromatic heterocycles. The Hall–Kier alpha value is -1.34. The van der Waals surface area contributed by atoms with E-state index in [1.165, 1.54) is 0 Å². The van der Waals surface area contributed by atoms with Crippen LogP contribution in [0.25, 0.3) is 0 Å². The summed E-state index contributed by atoms with van der Waals surface area (Å²) in [6, 6.07) is 4.04. The Balaban J connectivity index is 3.24. The zero-order valence-corrected chi connectivity index (χ0v) is 9.00. The molecule has 0 heterocycles. The molecule has 1 rings (SSSR count). The molecule has 1 atom stereocenters. The van der Waals surface area contributed by atoms with Gasteiger partial charge in [-0.1, -0.05) is 23.7 Å². The topological polar surface area (TPSA) is 63.4 Å². The van der Waals surface area contributed by atoms with Crippen LogP contribution in [0.1, 0.15) is 5.56 Å². The summed E-state index contributed by atoms with van der Waals surface area (Å²) >= 11 is 5.48. The normalized spacial score (nSPS) is 15.4. The summed E-state index contributed by atoms with van der Waals surface area (Å²) < 4.78 is 38.0. The van der Waals surface area contributed by atoms with Crippen LogP contribution in [0, 0.1) is 10.1 Å². The molecule has 4 nitrogen and oxygen atoms in total. The average molecular weight is 270 g/mol. The van der Waals surface area contributed by atoms with Crippen molar-refractivity contribution in [2.75, 3.05) is 6.54 Å². The predicted molar refractivity (Wildman–Crippen MR) is 53.3 cm³/mol. The van der Waals surface area contributed by atoms with Crippen LogP contribution < -0.4 is 0 Å². The highest BCUT2D eigenvalue weighted by molar-refractivity contribution is 6.30. The van der Waals surface area contributed by atoms with Crippen molar-refractivity contribution in [1.29, 1.82) is 0 Å². The molecule has 0 aliphatic heterocycles. The van der Waals surface area contributed by atoms with E-state index in [-0.39, 0.29) is 5.02 Å². The van der Waals surface area contributed by atoms with Crippen LogP contribution in [-0.4, -0.2) is 22.8 Å². The van der Waals surface area contributed by atoms with Gasteiger partial charge in [0, 0.05) is 9.95 Å². The zero-order chi connectivity index (χ0) is 13.3. The fraction of sp³-hybridized carbons (Fsp3) is 0.333. The van der Waals surface area contributed by atoms with Gasteiger partial charge in [0.05, 0.1) is 0 Å². The van der Waals surface area contributed by atoms with Crippen LogP contribution in [0.3, 0.4) is 0 Å². The molecule has 0 unspecified atom stereocenters. The van der Waals surface area contributed by atoms with E-state index in [2.05, 4.69) is 0 Å². The Bertz CT molecular complexity index is 420. The maximum Gasteiger partial charge on any atom is 0.428 e. The molecule has 0 fully saturated rings. The number of nitro groups is 1. The van der Waals surface area contributed by atoms with Crippen molar-refractivity contribution in [3.05, 3.63) is 45.0 Å². The second-order valence-corrected chi connectivity index (χ2v) is 3.79. The van der Waals surface area contributed by atoms with Gasteiger partial charge in [-0.3, -0.25) is 10.1 Å². The number of hydrogen-bond donors (Lipinski definition) is 1. The standard InChI is InChI=1S/C9H7ClF3NO3/c10-7-3-1-6(2-4-7)8(15,5-14(16)17)9(11,12)13/h1-4,15H,5H2/t8-/m1/s1. The van der Waals surface area contributed by atoms with Crippen LogP contribution in [0.5, 0.6) is 0 Å². The summed E-state index contributed by atoms with van der Waals surface area (Å²) in [7, 11) is 0. The monoisotopic (exact) mass is 269 g/mol. The van der Waals surface area contributed by atoms with Gasteiger partial charge in [0.2, 0.25) is 6.54 Å². The third kappa shape index (κ3) is 2.86. The lowest BCUT2D eigenvalue weighted by Crippen LogP contribution is -2.47. The number of hydrogen-bond acceptors (Lipinski definition) is 3. The molecular formula is C9H7ClF3NO3. The number of alkyl halides is 3. The van der Waals surface area contributed by atoms with Gasteiger partial charge < -0.3 is 5.11 Å². The van der Waals surface area contributed by atoms with Crippen LogP contribution in [0.4, 0.5) is 13.2 Å². The molecule has 0 spiro atoms. The first-order valence-corrected chi connectivity index (χ1v) is 4.71. The number of benzene rings is 1. The fourth-order valence-corrected chi connectivity index (χ4v) is 1.38. The van der Waals surface area contributed by atoms with Gasteiger partial charge in [-0.2, -0.15) is 13.2 Å². The summed E-state index contributed by atoms with van der Waals surface area (Å²) in [4.78, 5) is 9.00. The molecular weight excluding hydrogens is 263 g/mol. The highest BCUT2D eigenvalue weighted by Crippen LogP contribution is 2.39. The maximum absolute atomic E-state index is 12.7. The predicted octanol–water partition coefficient (Wildman–Crippen LogP) is 2.37. The molecule has 0 amide bonds. The Kier molecular flexibility index (Phi) is 3.63. The minimum atomic E-state index is -5.14. The van der Waals surface area contributed by atoms with E-state index in [0.717, 1.165) is 24.3 Å². The molecule has 0 bridgehead atoms. The first-order valence-electron chi connectivity index (χ1n) is 4.34. The largest absolute Gasteiger partial charge is 0.428 e. The molecule has 0 saturated heterocycles. The summed E-state index contributed by atoms with van der Waals surface area (Å²) in [6.07, 6.45) is -5.14. The summed E-state index contributed by atoms with van der Waals surface area (Å²) in [5, 5.41) is 19.9. The summed E-state index contributed by atoms with van der Waals surface area (Å²) in [5.74, 6) is 0. The molecule has 17 heavy (non-hydrogen) atoms. The maximum atomic E-state index is 12.7. The van der Waals surface area contributed by atoms with E-state index < -0.39 is 28.8 Å². The van der Waals surface area contributed by atoms with E-state index in [4.69, 9.17) is 11.6 Å². The van der Waals surface area contributed by atoms with E-state index in [1.807, 2.05) is 0 Å². The zero-order valence-electron chi connectivity index (χ0n) is 8.24. The van der Waals surface area contributed by atoms with Crippen LogP contribution >= 0.6 is 11.6 Å². The molecule has 0 aliphatic carbocycles. The minimum absolute atomic E-state index is 0.166. The molecule has 0 aliphatic rings. The molecule has 0 saturated carbocycles. The van der Waals surface area contributed by atoms with Crippen molar-refractivity contribution >= 4 is 11.6 Å². The highest BCUT2D eigenvalue weighted by atomic mass is 35.5. The van der Waals surface area contributed by atoms with Gasteiger partial charge in [0.1, 0.15) is 0 Å². The number of aliphatic hydroxyl groups is 1. The minimum Gasteiger partial charge on any atom is -0.371 e. The van der Waals surface area contributed by atoms with Crippen LogP contribution in [-0.2, 0) is 5.60 Å². The third-order valence-corrected chi connectivity index (χ3v) is 2.40. The Morgan fingerprint density at radius 3 is 2.12 bits per heavy atom.